The van der Waals surface area contributed by atoms with E-state index in [1.807, 2.05) is 13.8 Å². The normalized spacial score (nSPS) is 22.7. The number of rotatable bonds is 4. The molecular weight excluding hydrogens is 290 g/mol. The summed E-state index contributed by atoms with van der Waals surface area (Å²) in [6.45, 7) is 7.48. The minimum Gasteiger partial charge on any atom is -0.353 e. The van der Waals surface area contributed by atoms with Gasteiger partial charge < -0.3 is 9.88 Å². The summed E-state index contributed by atoms with van der Waals surface area (Å²) in [5.74, 6) is 2.85. The van der Waals surface area contributed by atoms with E-state index in [2.05, 4.69) is 25.0 Å². The molecule has 1 atom stereocenters. The van der Waals surface area contributed by atoms with Crippen molar-refractivity contribution in [3.05, 3.63) is 11.6 Å². The predicted octanol–water partition coefficient (Wildman–Crippen LogP) is 1.71. The number of aryl methyl sites for hydroxylation is 1. The summed E-state index contributed by atoms with van der Waals surface area (Å²) in [4.78, 5) is 14.3. The summed E-state index contributed by atoms with van der Waals surface area (Å²) in [5, 5.41) is 11.9. The Bertz CT molecular complexity index is 539. The maximum Gasteiger partial charge on any atom is 0.234 e. The third kappa shape index (κ3) is 4.10. The lowest BCUT2D eigenvalue weighted by Gasteiger charge is -2.32. The number of amides is 1. The van der Waals surface area contributed by atoms with Crippen molar-refractivity contribution in [3.63, 3.8) is 0 Å². The summed E-state index contributed by atoms with van der Waals surface area (Å²) in [6, 6.07) is 0.204. The van der Waals surface area contributed by atoms with Gasteiger partial charge in [-0.25, -0.2) is 0 Å². The monoisotopic (exact) mass is 319 g/mol. The van der Waals surface area contributed by atoms with Crippen LogP contribution in [0.3, 0.4) is 0 Å². The van der Waals surface area contributed by atoms with Gasteiger partial charge in [0.1, 0.15) is 11.6 Å². The largest absolute Gasteiger partial charge is 0.353 e. The number of carbonyl (C=O) groups is 1. The summed E-state index contributed by atoms with van der Waals surface area (Å²) in [7, 11) is 0. The van der Waals surface area contributed by atoms with Crippen LogP contribution in [0.1, 0.15) is 63.5 Å². The van der Waals surface area contributed by atoms with Crippen molar-refractivity contribution < 1.29 is 4.79 Å². The molecule has 23 heavy (non-hydrogen) atoms. The molecule has 0 saturated carbocycles. The van der Waals surface area contributed by atoms with Gasteiger partial charge in [0, 0.05) is 31.5 Å². The highest BCUT2D eigenvalue weighted by molar-refractivity contribution is 5.78. The molecule has 3 rings (SSSR count). The van der Waals surface area contributed by atoms with Crippen LogP contribution in [-0.2, 0) is 17.8 Å². The molecule has 0 spiro atoms. The average molecular weight is 319 g/mol. The number of hydrogen-bond donors (Lipinski definition) is 1. The fourth-order valence-corrected chi connectivity index (χ4v) is 3.79. The summed E-state index contributed by atoms with van der Waals surface area (Å²) < 4.78 is 2.36. The third-order valence-corrected chi connectivity index (χ3v) is 4.83. The number of nitrogens with one attached hydrogen (secondary N) is 1. The van der Waals surface area contributed by atoms with E-state index in [-0.39, 0.29) is 11.9 Å². The highest BCUT2D eigenvalue weighted by atomic mass is 16.2. The number of fused-ring (bicyclic) bond motifs is 1. The second kappa shape index (κ2) is 7.43. The summed E-state index contributed by atoms with van der Waals surface area (Å²) >= 11 is 0. The van der Waals surface area contributed by atoms with Gasteiger partial charge in [-0.2, -0.15) is 0 Å². The van der Waals surface area contributed by atoms with Gasteiger partial charge in [0.05, 0.1) is 6.54 Å². The molecule has 2 aliphatic heterocycles. The lowest BCUT2D eigenvalue weighted by molar-refractivity contribution is -0.123. The number of carbonyl (C=O) groups excluding carboxylic acids is 1. The molecule has 2 aliphatic rings. The first-order chi connectivity index (χ1) is 11.1. The van der Waals surface area contributed by atoms with Crippen LogP contribution >= 0.6 is 0 Å². The summed E-state index contributed by atoms with van der Waals surface area (Å²) in [5.41, 5.74) is 0. The van der Waals surface area contributed by atoms with Gasteiger partial charge in [0.2, 0.25) is 5.91 Å². The van der Waals surface area contributed by atoms with E-state index in [1.54, 1.807) is 0 Å². The SMILES string of the molecule is CC(C)NC(=O)CN1CCCC(c2nnc3n2CCCCC3)C1. The van der Waals surface area contributed by atoms with Gasteiger partial charge in [-0.1, -0.05) is 6.42 Å². The van der Waals surface area contributed by atoms with Crippen LogP contribution in [0.4, 0.5) is 0 Å². The molecule has 1 aromatic rings. The Kier molecular flexibility index (Phi) is 5.30. The smallest absolute Gasteiger partial charge is 0.234 e. The molecule has 0 bridgehead atoms. The summed E-state index contributed by atoms with van der Waals surface area (Å²) in [6.07, 6.45) is 7.08. The van der Waals surface area contributed by atoms with E-state index in [0.717, 1.165) is 50.5 Å². The van der Waals surface area contributed by atoms with Crippen LogP contribution in [0, 0.1) is 0 Å². The fourth-order valence-electron chi connectivity index (χ4n) is 3.79. The molecule has 0 aromatic carbocycles. The molecule has 0 aliphatic carbocycles. The number of nitrogens with zero attached hydrogens (tertiary/aromatic N) is 4. The fraction of sp³-hybridized carbons (Fsp3) is 0.824. The Morgan fingerprint density at radius 2 is 2.09 bits per heavy atom. The van der Waals surface area contributed by atoms with Crippen molar-refractivity contribution in [2.24, 2.45) is 0 Å². The number of hydrogen-bond acceptors (Lipinski definition) is 4. The van der Waals surface area contributed by atoms with Crippen LogP contribution in [0.2, 0.25) is 0 Å². The first-order valence-electron chi connectivity index (χ1n) is 9.07. The van der Waals surface area contributed by atoms with Crippen LogP contribution in [0.5, 0.6) is 0 Å². The Balaban J connectivity index is 1.65. The maximum absolute atomic E-state index is 12.0. The topological polar surface area (TPSA) is 63.1 Å². The van der Waals surface area contributed by atoms with E-state index in [4.69, 9.17) is 0 Å². The van der Waals surface area contributed by atoms with E-state index < -0.39 is 0 Å². The Hall–Kier alpha value is -1.43. The first-order valence-corrected chi connectivity index (χ1v) is 9.07. The lowest BCUT2D eigenvalue weighted by Crippen LogP contribution is -2.44. The van der Waals surface area contributed by atoms with E-state index in [1.165, 1.54) is 19.3 Å². The molecular formula is C17H29N5O. The molecule has 0 radical (unpaired) electrons. The van der Waals surface area contributed by atoms with Crippen LogP contribution in [-0.4, -0.2) is 51.2 Å². The number of likely N-dealkylation sites (tertiary alicyclic amines) is 1. The minimum absolute atomic E-state index is 0.126. The van der Waals surface area contributed by atoms with Crippen LogP contribution in [0.25, 0.3) is 0 Å². The second-order valence-electron chi connectivity index (χ2n) is 7.23. The number of aromatic nitrogens is 3. The van der Waals surface area contributed by atoms with Gasteiger partial charge in [0.15, 0.2) is 0 Å². The first kappa shape index (κ1) is 16.4. The van der Waals surface area contributed by atoms with Gasteiger partial charge >= 0.3 is 0 Å². The van der Waals surface area contributed by atoms with Gasteiger partial charge in [-0.05, 0) is 46.1 Å². The Morgan fingerprint density at radius 1 is 1.22 bits per heavy atom. The van der Waals surface area contributed by atoms with Gasteiger partial charge in [-0.15, -0.1) is 10.2 Å². The van der Waals surface area contributed by atoms with Crippen molar-refractivity contribution >= 4 is 5.91 Å². The van der Waals surface area contributed by atoms with Gasteiger partial charge in [-0.3, -0.25) is 9.69 Å². The van der Waals surface area contributed by atoms with E-state index >= 15 is 0 Å². The minimum atomic E-state index is 0.126. The second-order valence-corrected chi connectivity index (χ2v) is 7.23. The highest BCUT2D eigenvalue weighted by Crippen LogP contribution is 2.27. The molecule has 1 unspecified atom stereocenters. The number of piperidine rings is 1. The molecule has 1 amide bonds. The van der Waals surface area contributed by atoms with Crippen molar-refractivity contribution in [2.45, 2.75) is 70.9 Å². The van der Waals surface area contributed by atoms with E-state index in [9.17, 15) is 4.79 Å². The highest BCUT2D eigenvalue weighted by Gasteiger charge is 2.28. The predicted molar refractivity (Wildman–Crippen MR) is 89.3 cm³/mol. The zero-order valence-corrected chi connectivity index (χ0v) is 14.4. The standard InChI is InChI=1S/C17H29N5O/c1-13(2)18-16(23)12-21-9-6-7-14(11-21)17-20-19-15-8-4-3-5-10-22(15)17/h13-14H,3-12H2,1-2H3,(H,18,23). The Morgan fingerprint density at radius 3 is 2.91 bits per heavy atom. The van der Waals surface area contributed by atoms with Crippen molar-refractivity contribution in [3.8, 4) is 0 Å². The van der Waals surface area contributed by atoms with Crippen LogP contribution in [0.15, 0.2) is 0 Å². The zero-order chi connectivity index (χ0) is 16.2. The van der Waals surface area contributed by atoms with Gasteiger partial charge in [0.25, 0.3) is 0 Å². The molecule has 1 saturated heterocycles. The molecule has 1 fully saturated rings. The third-order valence-electron chi connectivity index (χ3n) is 4.83. The molecule has 6 heteroatoms. The van der Waals surface area contributed by atoms with Crippen molar-refractivity contribution in [1.82, 2.24) is 25.0 Å². The van der Waals surface area contributed by atoms with Crippen molar-refractivity contribution in [1.29, 1.82) is 0 Å². The Labute approximate surface area is 138 Å². The van der Waals surface area contributed by atoms with Crippen LogP contribution < -0.4 is 5.32 Å². The van der Waals surface area contributed by atoms with Crippen molar-refractivity contribution in [2.75, 3.05) is 19.6 Å². The molecule has 1 aromatic heterocycles. The maximum atomic E-state index is 12.0. The lowest BCUT2D eigenvalue weighted by atomic mass is 9.97. The quantitative estimate of drug-likeness (QED) is 0.918. The molecule has 3 heterocycles. The molecule has 6 nitrogen and oxygen atoms in total. The average Bonchev–Trinajstić information content (AvgIpc) is 2.75. The molecule has 1 N–H and O–H groups in total. The van der Waals surface area contributed by atoms with E-state index in [0.29, 0.717) is 12.5 Å². The molecule has 128 valence electrons. The zero-order valence-electron chi connectivity index (χ0n) is 14.4.